The lowest BCUT2D eigenvalue weighted by Gasteiger charge is -2.27. The molecule has 1 unspecified atom stereocenters. The molecule has 0 aliphatic carbocycles. The lowest BCUT2D eigenvalue weighted by molar-refractivity contribution is -0.139. The number of hydrogen-bond acceptors (Lipinski definition) is 6. The smallest absolute Gasteiger partial charge is 0.295 e. The number of aliphatic hydroxyl groups is 1. The van der Waals surface area contributed by atoms with Crippen molar-refractivity contribution in [2.45, 2.75) is 25.8 Å². The summed E-state index contributed by atoms with van der Waals surface area (Å²) < 4.78 is 16.7. The van der Waals surface area contributed by atoms with Crippen LogP contribution in [0, 0.1) is 0 Å². The predicted molar refractivity (Wildman–Crippen MR) is 114 cm³/mol. The van der Waals surface area contributed by atoms with Gasteiger partial charge in [0.25, 0.3) is 11.7 Å². The lowest BCUT2D eigenvalue weighted by Crippen LogP contribution is -2.30. The van der Waals surface area contributed by atoms with Crippen molar-refractivity contribution in [3.63, 3.8) is 0 Å². The third kappa shape index (κ3) is 3.71. The second-order valence-electron chi connectivity index (χ2n) is 7.45. The van der Waals surface area contributed by atoms with Gasteiger partial charge < -0.3 is 24.2 Å². The number of ether oxygens (including phenoxy) is 3. The van der Waals surface area contributed by atoms with Crippen LogP contribution in [0.5, 0.6) is 17.2 Å². The van der Waals surface area contributed by atoms with E-state index in [-0.39, 0.29) is 11.3 Å². The maximum absolute atomic E-state index is 13.1. The largest absolute Gasteiger partial charge is 0.507 e. The molecule has 1 saturated heterocycles. The third-order valence-corrected chi connectivity index (χ3v) is 5.54. The molecule has 1 N–H and O–H groups in total. The van der Waals surface area contributed by atoms with Crippen LogP contribution >= 0.6 is 0 Å². The van der Waals surface area contributed by atoms with Gasteiger partial charge in [0.2, 0.25) is 0 Å². The molecule has 1 atom stereocenters. The number of Topliss-reactive ketones (excluding diaryl/α,β-unsaturated/α-hetero) is 1. The minimum atomic E-state index is -0.729. The van der Waals surface area contributed by atoms with E-state index < -0.39 is 17.7 Å². The lowest BCUT2D eigenvalue weighted by atomic mass is 9.94. The summed E-state index contributed by atoms with van der Waals surface area (Å²) in [6, 6.07) is 11.5. The highest BCUT2D eigenvalue weighted by molar-refractivity contribution is 6.46. The van der Waals surface area contributed by atoms with Gasteiger partial charge in [0.05, 0.1) is 24.3 Å². The molecule has 2 aliphatic rings. The number of para-hydroxylation sites is 1. The summed E-state index contributed by atoms with van der Waals surface area (Å²) in [6.45, 7) is 3.32. The van der Waals surface area contributed by atoms with Crippen LogP contribution in [0.3, 0.4) is 0 Å². The van der Waals surface area contributed by atoms with Crippen molar-refractivity contribution >= 4 is 17.4 Å². The first kappa shape index (κ1) is 20.8. The number of benzene rings is 2. The van der Waals surface area contributed by atoms with Gasteiger partial charge in [-0.2, -0.15) is 0 Å². The van der Waals surface area contributed by atoms with E-state index in [1.165, 1.54) is 12.0 Å². The number of fused-ring (bicyclic) bond motifs is 1. The maximum atomic E-state index is 13.1. The Kier molecular flexibility index (Phi) is 5.84. The minimum Gasteiger partial charge on any atom is -0.507 e. The van der Waals surface area contributed by atoms with Gasteiger partial charge in [-0.1, -0.05) is 31.5 Å². The molecular weight excluding hydrogens is 398 g/mol. The number of hydrogen-bond donors (Lipinski definition) is 1. The van der Waals surface area contributed by atoms with E-state index in [2.05, 4.69) is 0 Å². The highest BCUT2D eigenvalue weighted by Crippen LogP contribution is 2.43. The van der Waals surface area contributed by atoms with Crippen molar-refractivity contribution in [1.82, 2.24) is 4.90 Å². The van der Waals surface area contributed by atoms with Crippen molar-refractivity contribution in [2.24, 2.45) is 0 Å². The standard InChI is InChI=1S/C24H25NO6/c1-3-4-11-25-21(15-9-10-18-19(14-15)31-13-12-30-18)20(23(27)24(25)28)22(26)16-7-5-6-8-17(16)29-2/h5-10,14,21,26H,3-4,11-13H2,1-2H3/b22-20-. The van der Waals surface area contributed by atoms with Gasteiger partial charge in [-0.25, -0.2) is 0 Å². The van der Waals surface area contributed by atoms with Gasteiger partial charge in [-0.15, -0.1) is 0 Å². The zero-order chi connectivity index (χ0) is 22.0. The molecule has 0 spiro atoms. The van der Waals surface area contributed by atoms with Crippen molar-refractivity contribution in [3.05, 3.63) is 59.2 Å². The van der Waals surface area contributed by atoms with Gasteiger partial charge in [0.1, 0.15) is 24.7 Å². The first-order valence-corrected chi connectivity index (χ1v) is 10.4. The molecule has 0 aromatic heterocycles. The molecule has 2 heterocycles. The fraction of sp³-hybridized carbons (Fsp3) is 0.333. The first-order chi connectivity index (χ1) is 15.1. The van der Waals surface area contributed by atoms with Gasteiger partial charge in [-0.05, 0) is 36.2 Å². The number of methoxy groups -OCH3 is 1. The molecule has 7 heteroatoms. The molecule has 2 aromatic rings. The average molecular weight is 423 g/mol. The molecule has 2 aromatic carbocycles. The molecule has 0 saturated carbocycles. The summed E-state index contributed by atoms with van der Waals surface area (Å²) in [5, 5.41) is 11.2. The first-order valence-electron chi connectivity index (χ1n) is 10.4. The molecule has 0 radical (unpaired) electrons. The Morgan fingerprint density at radius 3 is 2.61 bits per heavy atom. The molecule has 4 rings (SSSR count). The summed E-state index contributed by atoms with van der Waals surface area (Å²) in [4.78, 5) is 27.5. The van der Waals surface area contributed by atoms with Crippen LogP contribution in [0.2, 0.25) is 0 Å². The Hall–Kier alpha value is -3.48. The highest BCUT2D eigenvalue weighted by Gasteiger charge is 2.46. The number of carbonyl (C=O) groups excluding carboxylic acids is 2. The van der Waals surface area contributed by atoms with Crippen molar-refractivity contribution < 1.29 is 28.9 Å². The number of ketones is 1. The van der Waals surface area contributed by atoms with Gasteiger partial charge in [-0.3, -0.25) is 9.59 Å². The highest BCUT2D eigenvalue weighted by atomic mass is 16.6. The summed E-state index contributed by atoms with van der Waals surface area (Å²) >= 11 is 0. The van der Waals surface area contributed by atoms with E-state index >= 15 is 0 Å². The summed E-state index contributed by atoms with van der Waals surface area (Å²) in [6.07, 6.45) is 1.60. The molecule has 1 fully saturated rings. The van der Waals surface area contributed by atoms with Gasteiger partial charge >= 0.3 is 0 Å². The quantitative estimate of drug-likeness (QED) is 0.433. The molecule has 31 heavy (non-hydrogen) atoms. The van der Waals surface area contributed by atoms with E-state index in [0.717, 1.165) is 12.8 Å². The Bertz CT molecular complexity index is 1040. The number of unbranched alkanes of at least 4 members (excludes halogenated alkanes) is 1. The number of rotatable bonds is 6. The number of amides is 1. The Morgan fingerprint density at radius 2 is 1.87 bits per heavy atom. The Labute approximate surface area is 180 Å². The Balaban J connectivity index is 1.87. The van der Waals surface area contributed by atoms with Gasteiger partial charge in [0.15, 0.2) is 11.5 Å². The topological polar surface area (TPSA) is 85.3 Å². The normalized spacial score (nSPS) is 19.5. The number of aliphatic hydroxyl groups excluding tert-OH is 1. The number of carbonyl (C=O) groups is 2. The average Bonchev–Trinajstić information content (AvgIpc) is 3.06. The van der Waals surface area contributed by atoms with Gasteiger partial charge in [0, 0.05) is 6.54 Å². The number of nitrogens with zero attached hydrogens (tertiary/aromatic N) is 1. The molecule has 0 bridgehead atoms. The molecule has 2 aliphatic heterocycles. The zero-order valence-electron chi connectivity index (χ0n) is 17.6. The van der Waals surface area contributed by atoms with E-state index in [4.69, 9.17) is 14.2 Å². The zero-order valence-corrected chi connectivity index (χ0v) is 17.6. The fourth-order valence-electron chi connectivity index (χ4n) is 4.00. The van der Waals surface area contributed by atoms with E-state index in [1.54, 1.807) is 42.5 Å². The van der Waals surface area contributed by atoms with E-state index in [1.807, 2.05) is 6.92 Å². The van der Waals surface area contributed by atoms with Crippen LogP contribution in [0.15, 0.2) is 48.0 Å². The predicted octanol–water partition coefficient (Wildman–Crippen LogP) is 3.69. The molecular formula is C24H25NO6. The van der Waals surface area contributed by atoms with Crippen LogP contribution in [0.4, 0.5) is 0 Å². The summed E-state index contributed by atoms with van der Waals surface area (Å²) in [5.74, 6) is 0.00640. The fourth-order valence-corrected chi connectivity index (χ4v) is 4.00. The molecule has 162 valence electrons. The monoisotopic (exact) mass is 423 g/mol. The molecule has 1 amide bonds. The summed E-state index contributed by atoms with van der Waals surface area (Å²) in [5.41, 5.74) is 1.08. The van der Waals surface area contributed by atoms with E-state index in [9.17, 15) is 14.7 Å². The van der Waals surface area contributed by atoms with Crippen LogP contribution in [-0.2, 0) is 9.59 Å². The summed E-state index contributed by atoms with van der Waals surface area (Å²) in [7, 11) is 1.49. The van der Waals surface area contributed by atoms with Crippen molar-refractivity contribution in [3.8, 4) is 17.2 Å². The van der Waals surface area contributed by atoms with E-state index in [0.29, 0.717) is 48.1 Å². The van der Waals surface area contributed by atoms with Crippen LogP contribution < -0.4 is 14.2 Å². The molecule has 7 nitrogen and oxygen atoms in total. The van der Waals surface area contributed by atoms with Crippen molar-refractivity contribution in [2.75, 3.05) is 26.9 Å². The van der Waals surface area contributed by atoms with Crippen LogP contribution in [-0.4, -0.2) is 48.6 Å². The number of likely N-dealkylation sites (tertiary alicyclic amines) is 1. The second-order valence-corrected chi connectivity index (χ2v) is 7.45. The van der Waals surface area contributed by atoms with Crippen LogP contribution in [0.1, 0.15) is 36.9 Å². The van der Waals surface area contributed by atoms with Crippen LogP contribution in [0.25, 0.3) is 5.76 Å². The minimum absolute atomic E-state index is 0.0438. The van der Waals surface area contributed by atoms with Crippen molar-refractivity contribution in [1.29, 1.82) is 0 Å². The second kappa shape index (κ2) is 8.71. The third-order valence-electron chi connectivity index (χ3n) is 5.54. The SMILES string of the molecule is CCCCN1C(=O)C(=O)/C(=C(\O)c2ccccc2OC)C1c1ccc2c(c1)OCCO2. The maximum Gasteiger partial charge on any atom is 0.295 e. The Morgan fingerprint density at radius 1 is 1.13 bits per heavy atom.